The number of nitriles is 1. The number of anilines is 1. The molecule has 2 aromatic heterocycles. The van der Waals surface area contributed by atoms with Gasteiger partial charge in [0, 0.05) is 35.6 Å². The molecule has 2 heterocycles. The summed E-state index contributed by atoms with van der Waals surface area (Å²) in [5.74, 6) is -0.645. The number of nitrogens with one attached hydrogen (secondary N) is 1. The first-order chi connectivity index (χ1) is 11.0. The molecule has 2 aromatic rings. The lowest BCUT2D eigenvalue weighted by atomic mass is 10.2. The zero-order chi connectivity index (χ0) is 17.0. The van der Waals surface area contributed by atoms with Crippen LogP contribution in [-0.4, -0.2) is 22.1 Å². The SMILES string of the molecule is CCOC(=O)/C(C#N)=C/Nc1nc(-c2cc(C)n(C)c2C)cs1. The van der Waals surface area contributed by atoms with E-state index in [-0.39, 0.29) is 12.2 Å². The van der Waals surface area contributed by atoms with Crippen LogP contribution in [0.3, 0.4) is 0 Å². The van der Waals surface area contributed by atoms with Gasteiger partial charge in [-0.05, 0) is 26.8 Å². The molecule has 0 saturated carbocycles. The average Bonchev–Trinajstić information content (AvgIpc) is 3.09. The predicted octanol–water partition coefficient (Wildman–Crippen LogP) is 3.15. The number of aromatic nitrogens is 2. The van der Waals surface area contributed by atoms with Crippen molar-refractivity contribution in [3.05, 3.63) is 34.6 Å². The van der Waals surface area contributed by atoms with Gasteiger partial charge in [0.05, 0.1) is 12.3 Å². The molecule has 0 amide bonds. The van der Waals surface area contributed by atoms with Gasteiger partial charge in [-0.3, -0.25) is 0 Å². The Morgan fingerprint density at radius 1 is 1.57 bits per heavy atom. The molecule has 0 aliphatic heterocycles. The molecule has 0 unspecified atom stereocenters. The third-order valence-corrected chi connectivity index (χ3v) is 4.28. The van der Waals surface area contributed by atoms with E-state index in [1.54, 1.807) is 6.92 Å². The van der Waals surface area contributed by atoms with Crippen LogP contribution >= 0.6 is 11.3 Å². The Kier molecular flexibility index (Phi) is 5.19. The molecular weight excluding hydrogens is 312 g/mol. The van der Waals surface area contributed by atoms with Crippen molar-refractivity contribution < 1.29 is 9.53 Å². The average molecular weight is 330 g/mol. The van der Waals surface area contributed by atoms with Crippen LogP contribution in [0.5, 0.6) is 0 Å². The molecule has 2 rings (SSSR count). The van der Waals surface area contributed by atoms with Crippen molar-refractivity contribution in [2.24, 2.45) is 7.05 Å². The summed E-state index contributed by atoms with van der Waals surface area (Å²) in [6.07, 6.45) is 1.32. The fraction of sp³-hybridized carbons (Fsp3) is 0.312. The molecule has 0 radical (unpaired) electrons. The minimum Gasteiger partial charge on any atom is -0.462 e. The number of aryl methyl sites for hydroxylation is 1. The first-order valence-corrected chi connectivity index (χ1v) is 7.98. The Bertz CT molecular complexity index is 796. The molecule has 0 fully saturated rings. The number of hydrogen-bond donors (Lipinski definition) is 1. The number of carbonyl (C=O) groups is 1. The number of ether oxygens (including phenoxy) is 1. The number of thiazole rings is 1. The lowest BCUT2D eigenvalue weighted by molar-refractivity contribution is -0.138. The van der Waals surface area contributed by atoms with Gasteiger partial charge < -0.3 is 14.6 Å². The topological polar surface area (TPSA) is 79.9 Å². The van der Waals surface area contributed by atoms with Crippen molar-refractivity contribution >= 4 is 22.4 Å². The van der Waals surface area contributed by atoms with Gasteiger partial charge in [0.15, 0.2) is 10.7 Å². The summed E-state index contributed by atoms with van der Waals surface area (Å²) in [5.41, 5.74) is 4.15. The Morgan fingerprint density at radius 2 is 2.30 bits per heavy atom. The van der Waals surface area contributed by atoms with Crippen LogP contribution in [0.15, 0.2) is 23.2 Å². The molecule has 0 spiro atoms. The second kappa shape index (κ2) is 7.11. The maximum atomic E-state index is 11.5. The van der Waals surface area contributed by atoms with E-state index < -0.39 is 5.97 Å². The van der Waals surface area contributed by atoms with E-state index in [0.717, 1.165) is 22.6 Å². The highest BCUT2D eigenvalue weighted by molar-refractivity contribution is 7.14. The Balaban J connectivity index is 2.18. The van der Waals surface area contributed by atoms with Crippen molar-refractivity contribution in [1.82, 2.24) is 9.55 Å². The molecule has 0 aliphatic rings. The summed E-state index contributed by atoms with van der Waals surface area (Å²) in [6.45, 7) is 6.01. The minimum absolute atomic E-state index is 0.0877. The van der Waals surface area contributed by atoms with E-state index in [0.29, 0.717) is 5.13 Å². The maximum Gasteiger partial charge on any atom is 0.350 e. The van der Waals surface area contributed by atoms with Gasteiger partial charge in [0.2, 0.25) is 0 Å². The second-order valence-corrected chi connectivity index (χ2v) is 5.77. The van der Waals surface area contributed by atoms with Gasteiger partial charge in [-0.2, -0.15) is 5.26 Å². The second-order valence-electron chi connectivity index (χ2n) is 4.92. The van der Waals surface area contributed by atoms with E-state index in [2.05, 4.69) is 20.9 Å². The molecule has 1 N–H and O–H groups in total. The summed E-state index contributed by atoms with van der Waals surface area (Å²) in [5, 5.41) is 14.4. The van der Waals surface area contributed by atoms with Crippen LogP contribution in [0.4, 0.5) is 5.13 Å². The lowest BCUT2D eigenvalue weighted by Crippen LogP contribution is -2.07. The van der Waals surface area contributed by atoms with E-state index in [9.17, 15) is 4.79 Å². The van der Waals surface area contributed by atoms with Crippen molar-refractivity contribution in [2.75, 3.05) is 11.9 Å². The van der Waals surface area contributed by atoms with Crippen molar-refractivity contribution in [3.63, 3.8) is 0 Å². The number of rotatable bonds is 5. The fourth-order valence-corrected chi connectivity index (χ4v) is 2.74. The summed E-state index contributed by atoms with van der Waals surface area (Å²) >= 11 is 1.41. The van der Waals surface area contributed by atoms with Crippen LogP contribution in [-0.2, 0) is 16.6 Å². The van der Waals surface area contributed by atoms with Crippen molar-refractivity contribution in [1.29, 1.82) is 5.26 Å². The van der Waals surface area contributed by atoms with Gasteiger partial charge in [-0.15, -0.1) is 11.3 Å². The van der Waals surface area contributed by atoms with Crippen LogP contribution in [0.2, 0.25) is 0 Å². The molecule has 0 atom stereocenters. The van der Waals surface area contributed by atoms with Crippen molar-refractivity contribution in [3.8, 4) is 17.3 Å². The monoisotopic (exact) mass is 330 g/mol. The van der Waals surface area contributed by atoms with Crippen LogP contribution in [0.1, 0.15) is 18.3 Å². The quantitative estimate of drug-likeness (QED) is 0.517. The summed E-state index contributed by atoms with van der Waals surface area (Å²) < 4.78 is 6.91. The highest BCUT2D eigenvalue weighted by atomic mass is 32.1. The zero-order valence-electron chi connectivity index (χ0n) is 13.5. The molecule has 23 heavy (non-hydrogen) atoms. The molecule has 0 aliphatic carbocycles. The molecular formula is C16H18N4O2S. The number of esters is 1. The summed E-state index contributed by atoms with van der Waals surface area (Å²) in [4.78, 5) is 16.0. The minimum atomic E-state index is -0.645. The third kappa shape index (κ3) is 3.60. The molecule has 120 valence electrons. The largest absolute Gasteiger partial charge is 0.462 e. The summed E-state index contributed by atoms with van der Waals surface area (Å²) in [7, 11) is 2.01. The van der Waals surface area contributed by atoms with Gasteiger partial charge in [-0.1, -0.05) is 0 Å². The van der Waals surface area contributed by atoms with Gasteiger partial charge in [-0.25, -0.2) is 9.78 Å². The van der Waals surface area contributed by atoms with Gasteiger partial charge in [0.25, 0.3) is 0 Å². The van der Waals surface area contributed by atoms with Gasteiger partial charge >= 0.3 is 5.97 Å². The third-order valence-electron chi connectivity index (χ3n) is 3.51. The fourth-order valence-electron chi connectivity index (χ4n) is 2.06. The zero-order valence-corrected chi connectivity index (χ0v) is 14.3. The van der Waals surface area contributed by atoms with E-state index in [4.69, 9.17) is 10.00 Å². The number of carbonyl (C=O) groups excluding carboxylic acids is 1. The molecule has 6 nitrogen and oxygen atoms in total. The normalized spacial score (nSPS) is 11.2. The van der Waals surface area contributed by atoms with Crippen LogP contribution in [0.25, 0.3) is 11.3 Å². The summed E-state index contributed by atoms with van der Waals surface area (Å²) in [6, 6.07) is 3.90. The molecule has 0 bridgehead atoms. The van der Waals surface area contributed by atoms with E-state index in [1.165, 1.54) is 17.5 Å². The Labute approximate surface area is 139 Å². The maximum absolute atomic E-state index is 11.5. The van der Waals surface area contributed by atoms with Gasteiger partial charge in [0.1, 0.15) is 6.07 Å². The first kappa shape index (κ1) is 16.8. The van der Waals surface area contributed by atoms with E-state index in [1.807, 2.05) is 32.3 Å². The highest BCUT2D eigenvalue weighted by Crippen LogP contribution is 2.29. The van der Waals surface area contributed by atoms with Crippen LogP contribution < -0.4 is 5.32 Å². The molecule has 0 aromatic carbocycles. The number of hydrogen-bond acceptors (Lipinski definition) is 6. The standard InChI is InChI=1S/C16H18N4O2S/c1-5-22-15(21)12(7-17)8-18-16-19-14(9-23-16)13-6-10(2)20(4)11(13)3/h6,8-9H,5H2,1-4H3,(H,18,19)/b12-8+. The number of nitrogens with zero attached hydrogens (tertiary/aromatic N) is 3. The Morgan fingerprint density at radius 3 is 2.87 bits per heavy atom. The van der Waals surface area contributed by atoms with Crippen molar-refractivity contribution in [2.45, 2.75) is 20.8 Å². The predicted molar refractivity (Wildman–Crippen MR) is 89.9 cm³/mol. The lowest BCUT2D eigenvalue weighted by Gasteiger charge is -2.00. The first-order valence-electron chi connectivity index (χ1n) is 7.10. The highest BCUT2D eigenvalue weighted by Gasteiger charge is 2.13. The molecule has 7 heteroatoms. The smallest absolute Gasteiger partial charge is 0.350 e. The van der Waals surface area contributed by atoms with E-state index >= 15 is 0 Å². The molecule has 0 saturated heterocycles. The Hall–Kier alpha value is -2.59. The van der Waals surface area contributed by atoms with Crippen LogP contribution in [0, 0.1) is 25.2 Å².